The standard InChI is InChI=1S/C22H21NO5/c24-12-22-11-23(9-19(22)20(25)28-13-22)21(26)27-10-18-16-7-3-1-5-14(16)15-6-2-4-8-17(15)18/h1-8,18-19,24H,9-13H2/t19-,22-/m1/s1. The van der Waals surface area contributed by atoms with E-state index in [1.54, 1.807) is 0 Å². The first-order valence-corrected chi connectivity index (χ1v) is 9.50. The Balaban J connectivity index is 1.32. The molecule has 6 heteroatoms. The van der Waals surface area contributed by atoms with E-state index in [0.29, 0.717) is 0 Å². The number of hydrogen-bond acceptors (Lipinski definition) is 5. The quantitative estimate of drug-likeness (QED) is 0.829. The number of esters is 1. The molecule has 0 radical (unpaired) electrons. The van der Waals surface area contributed by atoms with Gasteiger partial charge in [-0.25, -0.2) is 4.79 Å². The Labute approximate surface area is 162 Å². The molecule has 144 valence electrons. The Morgan fingerprint density at radius 3 is 2.39 bits per heavy atom. The SMILES string of the molecule is O=C1OC[C@]2(CO)CN(C(=O)OCC3c4ccccc4-c4ccccc43)C[C@H]12. The predicted molar refractivity (Wildman–Crippen MR) is 101 cm³/mol. The monoisotopic (exact) mass is 379 g/mol. The van der Waals surface area contributed by atoms with Gasteiger partial charge in [0.15, 0.2) is 0 Å². The fraction of sp³-hybridized carbons (Fsp3) is 0.364. The van der Waals surface area contributed by atoms with Crippen molar-refractivity contribution in [2.24, 2.45) is 11.3 Å². The lowest BCUT2D eigenvalue weighted by molar-refractivity contribution is -0.141. The summed E-state index contributed by atoms with van der Waals surface area (Å²) in [6.07, 6.45) is -0.447. The average Bonchev–Trinajstić information content (AvgIpc) is 3.36. The normalized spacial score (nSPS) is 25.2. The molecule has 2 aromatic rings. The van der Waals surface area contributed by atoms with Gasteiger partial charge in [-0.15, -0.1) is 0 Å². The molecule has 1 N–H and O–H groups in total. The third-order valence-electron chi connectivity index (χ3n) is 6.34. The van der Waals surface area contributed by atoms with Crippen LogP contribution >= 0.6 is 0 Å². The molecule has 2 saturated heterocycles. The van der Waals surface area contributed by atoms with Crippen LogP contribution in [0.1, 0.15) is 17.0 Å². The van der Waals surface area contributed by atoms with E-state index in [9.17, 15) is 14.7 Å². The minimum Gasteiger partial charge on any atom is -0.465 e. The Bertz CT molecular complexity index is 912. The van der Waals surface area contributed by atoms with Crippen LogP contribution in [-0.4, -0.2) is 55.0 Å². The maximum atomic E-state index is 12.7. The Hall–Kier alpha value is -2.86. The summed E-state index contributed by atoms with van der Waals surface area (Å²) < 4.78 is 10.8. The van der Waals surface area contributed by atoms with Crippen LogP contribution in [0.5, 0.6) is 0 Å². The Kier molecular flexibility index (Phi) is 3.91. The van der Waals surface area contributed by atoms with Gasteiger partial charge in [0.05, 0.1) is 17.9 Å². The highest BCUT2D eigenvalue weighted by atomic mass is 16.6. The van der Waals surface area contributed by atoms with Gasteiger partial charge in [0.25, 0.3) is 0 Å². The molecule has 0 unspecified atom stereocenters. The lowest BCUT2D eigenvalue weighted by Crippen LogP contribution is -2.37. The first kappa shape index (κ1) is 17.3. The molecule has 28 heavy (non-hydrogen) atoms. The van der Waals surface area contributed by atoms with E-state index in [1.165, 1.54) is 16.0 Å². The molecular weight excluding hydrogens is 358 g/mol. The number of nitrogens with zero attached hydrogens (tertiary/aromatic N) is 1. The molecule has 2 fully saturated rings. The lowest BCUT2D eigenvalue weighted by Gasteiger charge is -2.23. The summed E-state index contributed by atoms with van der Waals surface area (Å²) in [7, 11) is 0. The molecule has 0 aromatic heterocycles. The Morgan fingerprint density at radius 1 is 1.14 bits per heavy atom. The van der Waals surface area contributed by atoms with Gasteiger partial charge in [0.2, 0.25) is 0 Å². The fourth-order valence-corrected chi connectivity index (χ4v) is 4.79. The van der Waals surface area contributed by atoms with Gasteiger partial charge in [0, 0.05) is 19.0 Å². The maximum Gasteiger partial charge on any atom is 0.409 e. The predicted octanol–water partition coefficient (Wildman–Crippen LogP) is 2.40. The summed E-state index contributed by atoms with van der Waals surface area (Å²) in [5.41, 5.74) is 3.98. The van der Waals surface area contributed by atoms with E-state index < -0.39 is 17.4 Å². The number of cyclic esters (lactones) is 1. The van der Waals surface area contributed by atoms with Crippen LogP contribution in [0.2, 0.25) is 0 Å². The maximum absolute atomic E-state index is 12.7. The van der Waals surface area contributed by atoms with Gasteiger partial charge in [-0.3, -0.25) is 4.79 Å². The third kappa shape index (κ3) is 2.44. The van der Waals surface area contributed by atoms with Crippen molar-refractivity contribution in [1.29, 1.82) is 0 Å². The van der Waals surface area contributed by atoms with Crippen molar-refractivity contribution < 1.29 is 24.2 Å². The van der Waals surface area contributed by atoms with Crippen molar-refractivity contribution in [2.45, 2.75) is 5.92 Å². The summed E-state index contributed by atoms with van der Waals surface area (Å²) >= 11 is 0. The number of ether oxygens (including phenoxy) is 2. The van der Waals surface area contributed by atoms with Gasteiger partial charge in [-0.05, 0) is 22.3 Å². The van der Waals surface area contributed by atoms with Crippen LogP contribution in [0.4, 0.5) is 4.79 Å². The number of aliphatic hydroxyl groups is 1. The van der Waals surface area contributed by atoms with Gasteiger partial charge >= 0.3 is 12.1 Å². The molecule has 0 bridgehead atoms. The van der Waals surface area contributed by atoms with Crippen molar-refractivity contribution >= 4 is 12.1 Å². The van der Waals surface area contributed by atoms with Crippen molar-refractivity contribution in [3.05, 3.63) is 59.7 Å². The molecule has 2 aliphatic heterocycles. The second kappa shape index (κ2) is 6.34. The van der Waals surface area contributed by atoms with Crippen molar-refractivity contribution in [2.75, 3.05) is 32.9 Å². The zero-order valence-electron chi connectivity index (χ0n) is 15.3. The second-order valence-electron chi connectivity index (χ2n) is 7.87. The van der Waals surface area contributed by atoms with Crippen LogP contribution in [0.3, 0.4) is 0 Å². The number of likely N-dealkylation sites (tertiary alicyclic amines) is 1. The first-order chi connectivity index (χ1) is 13.6. The molecule has 2 aromatic carbocycles. The molecule has 3 aliphatic rings. The number of benzene rings is 2. The molecule has 1 amide bonds. The summed E-state index contributed by atoms with van der Waals surface area (Å²) in [6.45, 7) is 0.716. The first-order valence-electron chi connectivity index (χ1n) is 9.50. The highest BCUT2D eigenvalue weighted by Gasteiger charge is 2.57. The summed E-state index contributed by atoms with van der Waals surface area (Å²) in [4.78, 5) is 26.1. The van der Waals surface area contributed by atoms with Gasteiger partial charge in [-0.1, -0.05) is 48.5 Å². The highest BCUT2D eigenvalue weighted by molar-refractivity contribution is 5.80. The number of rotatable bonds is 3. The summed E-state index contributed by atoms with van der Waals surface area (Å²) in [5, 5.41) is 9.75. The molecule has 2 heterocycles. The van der Waals surface area contributed by atoms with Crippen molar-refractivity contribution in [3.63, 3.8) is 0 Å². The van der Waals surface area contributed by atoms with Crippen molar-refractivity contribution in [3.8, 4) is 11.1 Å². The fourth-order valence-electron chi connectivity index (χ4n) is 4.79. The van der Waals surface area contributed by atoms with Crippen LogP contribution in [0, 0.1) is 11.3 Å². The highest BCUT2D eigenvalue weighted by Crippen LogP contribution is 2.45. The minimum atomic E-state index is -0.692. The number of aliphatic hydroxyl groups excluding tert-OH is 1. The number of carbonyl (C=O) groups is 2. The second-order valence-corrected chi connectivity index (χ2v) is 7.87. The van der Waals surface area contributed by atoms with Gasteiger partial charge in [-0.2, -0.15) is 0 Å². The molecule has 0 spiro atoms. The molecule has 5 rings (SSSR count). The molecule has 2 atom stereocenters. The van der Waals surface area contributed by atoms with Crippen LogP contribution in [-0.2, 0) is 14.3 Å². The van der Waals surface area contributed by atoms with E-state index in [-0.39, 0.29) is 44.8 Å². The smallest absolute Gasteiger partial charge is 0.409 e. The third-order valence-corrected chi connectivity index (χ3v) is 6.34. The lowest BCUT2D eigenvalue weighted by atomic mass is 9.82. The zero-order chi connectivity index (χ0) is 19.3. The minimum absolute atomic E-state index is 0.00443. The number of fused-ring (bicyclic) bond motifs is 4. The van der Waals surface area contributed by atoms with E-state index in [2.05, 4.69) is 24.3 Å². The van der Waals surface area contributed by atoms with Crippen molar-refractivity contribution in [1.82, 2.24) is 4.90 Å². The molecule has 1 aliphatic carbocycles. The average molecular weight is 379 g/mol. The van der Waals surface area contributed by atoms with E-state index in [0.717, 1.165) is 11.1 Å². The Morgan fingerprint density at radius 2 is 1.79 bits per heavy atom. The van der Waals surface area contributed by atoms with E-state index in [4.69, 9.17) is 9.47 Å². The summed E-state index contributed by atoms with van der Waals surface area (Å²) in [6, 6.07) is 16.4. The molecular formula is C22H21NO5. The van der Waals surface area contributed by atoms with E-state index >= 15 is 0 Å². The molecule has 6 nitrogen and oxygen atoms in total. The summed E-state index contributed by atoms with van der Waals surface area (Å²) in [5.74, 6) is -0.823. The topological polar surface area (TPSA) is 76.1 Å². The largest absolute Gasteiger partial charge is 0.465 e. The van der Waals surface area contributed by atoms with Gasteiger partial charge < -0.3 is 19.5 Å². The van der Waals surface area contributed by atoms with Crippen LogP contribution < -0.4 is 0 Å². The van der Waals surface area contributed by atoms with Crippen LogP contribution in [0.15, 0.2) is 48.5 Å². The van der Waals surface area contributed by atoms with Crippen LogP contribution in [0.25, 0.3) is 11.1 Å². The number of hydrogen-bond donors (Lipinski definition) is 1. The molecule has 0 saturated carbocycles. The van der Waals surface area contributed by atoms with Gasteiger partial charge in [0.1, 0.15) is 13.2 Å². The number of carbonyl (C=O) groups excluding carboxylic acids is 2. The van der Waals surface area contributed by atoms with E-state index in [1.807, 2.05) is 24.3 Å². The zero-order valence-corrected chi connectivity index (χ0v) is 15.3. The number of amides is 1.